The summed E-state index contributed by atoms with van der Waals surface area (Å²) in [4.78, 5) is 6.83. The Morgan fingerprint density at radius 3 is 2.61 bits per heavy atom. The molecular weight excluding hydrogens is 296 g/mol. The zero-order valence-corrected chi connectivity index (χ0v) is 14.1. The molecule has 0 bridgehead atoms. The van der Waals surface area contributed by atoms with Crippen LogP contribution in [0.3, 0.4) is 0 Å². The first-order valence-corrected chi connectivity index (χ1v) is 8.41. The van der Waals surface area contributed by atoms with Crippen molar-refractivity contribution in [2.24, 2.45) is 10.4 Å². The zero-order valence-electron chi connectivity index (χ0n) is 14.1. The van der Waals surface area contributed by atoms with E-state index in [9.17, 15) is 8.78 Å². The van der Waals surface area contributed by atoms with Gasteiger partial charge in [0, 0.05) is 37.2 Å². The number of halogens is 2. The largest absolute Gasteiger partial charge is 0.353 e. The average Bonchev–Trinajstić information content (AvgIpc) is 3.12. The summed E-state index contributed by atoms with van der Waals surface area (Å²) >= 11 is 0. The summed E-state index contributed by atoms with van der Waals surface area (Å²) in [6, 6.07) is 4.14. The number of hydrogen-bond acceptors (Lipinski definition) is 1. The second-order valence-electron chi connectivity index (χ2n) is 7.36. The van der Waals surface area contributed by atoms with E-state index in [1.807, 2.05) is 6.92 Å². The highest BCUT2D eigenvalue weighted by Crippen LogP contribution is 2.43. The first kappa shape index (κ1) is 16.2. The lowest BCUT2D eigenvalue weighted by atomic mass is 9.93. The Labute approximate surface area is 136 Å². The Morgan fingerprint density at radius 2 is 2.04 bits per heavy atom. The minimum atomic E-state index is -0.449. The van der Waals surface area contributed by atoms with Crippen molar-refractivity contribution in [2.45, 2.75) is 45.6 Å². The normalized spacial score (nSPS) is 26.5. The molecule has 1 aromatic carbocycles. The number of rotatable bonds is 3. The van der Waals surface area contributed by atoms with Crippen LogP contribution in [0.1, 0.15) is 45.1 Å². The molecule has 0 spiro atoms. The molecule has 1 heterocycles. The molecule has 1 aromatic rings. The molecule has 2 fully saturated rings. The lowest BCUT2D eigenvalue weighted by Crippen LogP contribution is -2.42. The van der Waals surface area contributed by atoms with Gasteiger partial charge in [0.25, 0.3) is 0 Å². The Balaban J connectivity index is 1.68. The van der Waals surface area contributed by atoms with Gasteiger partial charge in [0.1, 0.15) is 11.6 Å². The molecule has 1 N–H and O–H groups in total. The van der Waals surface area contributed by atoms with Crippen molar-refractivity contribution in [1.29, 1.82) is 0 Å². The van der Waals surface area contributed by atoms with E-state index in [2.05, 4.69) is 29.1 Å². The van der Waals surface area contributed by atoms with Gasteiger partial charge in [-0.3, -0.25) is 4.99 Å². The number of benzene rings is 1. The van der Waals surface area contributed by atoms with E-state index in [0.29, 0.717) is 6.54 Å². The van der Waals surface area contributed by atoms with Gasteiger partial charge in [-0.1, -0.05) is 19.9 Å². The van der Waals surface area contributed by atoms with Crippen LogP contribution in [0.15, 0.2) is 23.2 Å². The van der Waals surface area contributed by atoms with Gasteiger partial charge in [-0.2, -0.15) is 0 Å². The third kappa shape index (κ3) is 3.48. The van der Waals surface area contributed by atoms with Gasteiger partial charge in [0.2, 0.25) is 0 Å². The minimum Gasteiger partial charge on any atom is -0.353 e. The Morgan fingerprint density at radius 1 is 1.35 bits per heavy atom. The van der Waals surface area contributed by atoms with Gasteiger partial charge in [-0.25, -0.2) is 8.78 Å². The molecule has 0 amide bonds. The molecule has 0 radical (unpaired) electrons. The van der Waals surface area contributed by atoms with Gasteiger partial charge < -0.3 is 10.2 Å². The van der Waals surface area contributed by atoms with E-state index >= 15 is 0 Å². The van der Waals surface area contributed by atoms with Crippen LogP contribution >= 0.6 is 0 Å². The van der Waals surface area contributed by atoms with Crippen molar-refractivity contribution in [3.05, 3.63) is 35.4 Å². The number of likely N-dealkylation sites (tertiary alicyclic amines) is 1. The summed E-state index contributed by atoms with van der Waals surface area (Å²) in [7, 11) is 0. The van der Waals surface area contributed by atoms with Crippen LogP contribution in [0.25, 0.3) is 0 Å². The van der Waals surface area contributed by atoms with Gasteiger partial charge in [-0.15, -0.1) is 0 Å². The summed E-state index contributed by atoms with van der Waals surface area (Å²) in [5, 5.41) is 3.42. The molecule has 2 atom stereocenters. The van der Waals surface area contributed by atoms with E-state index in [4.69, 9.17) is 0 Å². The Kier molecular flexibility index (Phi) is 4.30. The lowest BCUT2D eigenvalue weighted by Gasteiger charge is -2.24. The number of hydrogen-bond donors (Lipinski definition) is 1. The topological polar surface area (TPSA) is 27.6 Å². The average molecular weight is 321 g/mol. The molecule has 1 saturated carbocycles. The van der Waals surface area contributed by atoms with Crippen LogP contribution in [0.2, 0.25) is 0 Å². The molecule has 1 aliphatic heterocycles. The summed E-state index contributed by atoms with van der Waals surface area (Å²) < 4.78 is 27.8. The second kappa shape index (κ2) is 6.10. The zero-order chi connectivity index (χ0) is 16.6. The third-order valence-corrected chi connectivity index (χ3v) is 4.76. The van der Waals surface area contributed by atoms with Gasteiger partial charge >= 0.3 is 0 Å². The summed E-state index contributed by atoms with van der Waals surface area (Å²) in [5.41, 5.74) is 0.499. The fraction of sp³-hybridized carbons (Fsp3) is 0.611. The van der Waals surface area contributed by atoms with Crippen LogP contribution in [-0.4, -0.2) is 36.5 Å². The van der Waals surface area contributed by atoms with Gasteiger partial charge in [-0.05, 0) is 37.3 Å². The fourth-order valence-electron chi connectivity index (χ4n) is 3.38. The van der Waals surface area contributed by atoms with E-state index < -0.39 is 11.6 Å². The second-order valence-corrected chi connectivity index (χ2v) is 7.36. The first-order valence-electron chi connectivity index (χ1n) is 8.41. The quantitative estimate of drug-likeness (QED) is 0.681. The van der Waals surface area contributed by atoms with E-state index in [1.54, 1.807) is 0 Å². The highest BCUT2D eigenvalue weighted by Gasteiger charge is 2.43. The maximum atomic E-state index is 13.9. The predicted molar refractivity (Wildman–Crippen MR) is 88.6 cm³/mol. The van der Waals surface area contributed by atoms with Crippen LogP contribution in [0, 0.1) is 17.0 Å². The highest BCUT2D eigenvalue weighted by molar-refractivity contribution is 5.81. The van der Waals surface area contributed by atoms with E-state index in [1.165, 1.54) is 18.2 Å². The van der Waals surface area contributed by atoms with Crippen molar-refractivity contribution in [1.82, 2.24) is 10.2 Å². The predicted octanol–water partition coefficient (Wildman–Crippen LogP) is 3.52. The molecule has 5 heteroatoms. The molecule has 23 heavy (non-hydrogen) atoms. The van der Waals surface area contributed by atoms with Crippen LogP contribution < -0.4 is 5.32 Å². The third-order valence-electron chi connectivity index (χ3n) is 4.76. The Bertz CT molecular complexity index is 592. The summed E-state index contributed by atoms with van der Waals surface area (Å²) in [6.45, 7) is 9.15. The molecule has 1 saturated heterocycles. The van der Waals surface area contributed by atoms with Crippen LogP contribution in [-0.2, 0) is 0 Å². The van der Waals surface area contributed by atoms with Crippen molar-refractivity contribution in [3.8, 4) is 0 Å². The molecular formula is C18H25F2N3. The molecule has 0 aromatic heterocycles. The number of aliphatic imine (C=N–C) groups is 1. The van der Waals surface area contributed by atoms with Crippen molar-refractivity contribution < 1.29 is 8.78 Å². The van der Waals surface area contributed by atoms with Crippen molar-refractivity contribution >= 4 is 5.96 Å². The summed E-state index contributed by atoms with van der Waals surface area (Å²) in [6.07, 6.45) is 1.88. The molecule has 1 aliphatic carbocycles. The van der Waals surface area contributed by atoms with Crippen LogP contribution in [0.5, 0.6) is 0 Å². The molecule has 3 rings (SSSR count). The van der Waals surface area contributed by atoms with Crippen LogP contribution in [0.4, 0.5) is 8.78 Å². The number of guanidine groups is 1. The lowest BCUT2D eigenvalue weighted by molar-refractivity contribution is 0.369. The van der Waals surface area contributed by atoms with Gasteiger partial charge in [0.05, 0.1) is 0 Å². The standard InChI is InChI=1S/C18H25F2N3/c1-4-21-17(23-9-8-18(2,3)11-23)22-15-10-12(15)16-13(19)6-5-7-14(16)20/h5-7,12,15H,4,8-11H2,1-3H3,(H,21,22). The molecule has 126 valence electrons. The van der Waals surface area contributed by atoms with E-state index in [0.717, 1.165) is 31.9 Å². The van der Waals surface area contributed by atoms with Gasteiger partial charge in [0.15, 0.2) is 5.96 Å². The molecule has 3 nitrogen and oxygen atoms in total. The Hall–Kier alpha value is -1.65. The molecule has 2 unspecified atom stereocenters. The number of nitrogens with zero attached hydrogens (tertiary/aromatic N) is 2. The number of nitrogens with one attached hydrogen (secondary N) is 1. The maximum absolute atomic E-state index is 13.9. The van der Waals surface area contributed by atoms with E-state index in [-0.39, 0.29) is 22.9 Å². The molecule has 2 aliphatic rings. The fourth-order valence-corrected chi connectivity index (χ4v) is 3.38. The maximum Gasteiger partial charge on any atom is 0.194 e. The minimum absolute atomic E-state index is 0.0652. The van der Waals surface area contributed by atoms with Crippen molar-refractivity contribution in [3.63, 3.8) is 0 Å². The first-order chi connectivity index (χ1) is 10.9. The SMILES string of the molecule is CCN=C(NC1CC1c1c(F)cccc1F)N1CCC(C)(C)C1. The van der Waals surface area contributed by atoms with Crippen molar-refractivity contribution in [2.75, 3.05) is 19.6 Å². The highest BCUT2D eigenvalue weighted by atomic mass is 19.1. The monoisotopic (exact) mass is 321 g/mol. The smallest absolute Gasteiger partial charge is 0.194 e. The summed E-state index contributed by atoms with van der Waals surface area (Å²) in [5.74, 6) is -0.123.